The van der Waals surface area contributed by atoms with Gasteiger partial charge in [0.05, 0.1) is 6.61 Å². The lowest BCUT2D eigenvalue weighted by Crippen LogP contribution is -2.40. The molecule has 51 heavy (non-hydrogen) atoms. The van der Waals surface area contributed by atoms with Crippen molar-refractivity contribution < 1.29 is 45.1 Å². The van der Waals surface area contributed by atoms with E-state index in [1.165, 1.54) is 49.9 Å². The summed E-state index contributed by atoms with van der Waals surface area (Å²) < 4.78 is 102. The second kappa shape index (κ2) is 22.5. The van der Waals surface area contributed by atoms with Crippen molar-refractivity contribution in [2.24, 2.45) is 5.92 Å². The fourth-order valence-corrected chi connectivity index (χ4v) is 7.26. The van der Waals surface area contributed by atoms with Crippen LogP contribution < -0.4 is 14.1 Å². The summed E-state index contributed by atoms with van der Waals surface area (Å²) in [6.07, 6.45) is 15.1. The lowest BCUT2D eigenvalue weighted by atomic mass is 9.94. The number of ether oxygens (including phenoxy) is 1. The van der Waals surface area contributed by atoms with E-state index in [9.17, 15) is 31.3 Å². The third kappa shape index (κ3) is 14.3. The molecule has 0 saturated heterocycles. The molecule has 282 valence electrons. The molecule has 3 aromatic rings. The van der Waals surface area contributed by atoms with Crippen LogP contribution in [0.5, 0.6) is 11.5 Å². The van der Waals surface area contributed by atoms with Gasteiger partial charge in [0, 0.05) is 0 Å². The first kappa shape index (κ1) is 42.0. The SMILES string of the molecule is CCCCCCCCC(CCCCCCCC)COC(=O)[C@H](Cc1ccccc1)N[P@](=O)(Oc1ccccc1)Oc1c(F)c(F)c(F)c(F)c1F. The molecule has 3 rings (SSSR count). The van der Waals surface area contributed by atoms with Gasteiger partial charge in [-0.15, -0.1) is 0 Å². The Hall–Kier alpha value is -3.43. The Morgan fingerprint density at radius 1 is 0.647 bits per heavy atom. The zero-order valence-electron chi connectivity index (χ0n) is 29.6. The maximum absolute atomic E-state index is 14.8. The molecule has 0 saturated carbocycles. The van der Waals surface area contributed by atoms with Crippen molar-refractivity contribution in [2.45, 2.75) is 116 Å². The first-order valence-corrected chi connectivity index (χ1v) is 19.7. The Bertz CT molecular complexity index is 1470. The van der Waals surface area contributed by atoms with Crippen LogP contribution in [0.2, 0.25) is 0 Å². The van der Waals surface area contributed by atoms with Crippen LogP contribution in [-0.4, -0.2) is 18.6 Å². The lowest BCUT2D eigenvalue weighted by molar-refractivity contribution is -0.147. The van der Waals surface area contributed by atoms with Gasteiger partial charge in [-0.1, -0.05) is 139 Å². The monoisotopic (exact) mass is 739 g/mol. The van der Waals surface area contributed by atoms with Gasteiger partial charge in [0.15, 0.2) is 0 Å². The smallest absolute Gasteiger partial charge is 0.464 e. The van der Waals surface area contributed by atoms with Crippen molar-refractivity contribution in [3.05, 3.63) is 95.3 Å². The highest BCUT2D eigenvalue weighted by atomic mass is 31.2. The van der Waals surface area contributed by atoms with E-state index in [0.29, 0.717) is 5.56 Å². The fourth-order valence-electron chi connectivity index (χ4n) is 5.74. The number of esters is 1. The molecule has 0 heterocycles. The number of rotatable bonds is 25. The van der Waals surface area contributed by atoms with Crippen molar-refractivity contribution in [2.75, 3.05) is 6.61 Å². The van der Waals surface area contributed by atoms with E-state index in [4.69, 9.17) is 13.8 Å². The minimum absolute atomic E-state index is 0.0839. The van der Waals surface area contributed by atoms with Crippen LogP contribution in [0.25, 0.3) is 0 Å². The summed E-state index contributed by atoms with van der Waals surface area (Å²) in [6, 6.07) is 14.4. The number of nitrogens with one attached hydrogen (secondary N) is 1. The number of hydrogen-bond donors (Lipinski definition) is 1. The summed E-state index contributed by atoms with van der Waals surface area (Å²) in [4.78, 5) is 13.8. The third-order valence-corrected chi connectivity index (χ3v) is 10.1. The standard InChI is InChI=1S/C39H51F5NO5P/c1-3-5-7-9-11-15-23-30(24-16-12-10-8-6-4-2)28-48-39(46)32(27-29-21-17-13-18-22-29)45-51(47,49-31-25-19-14-20-26-31)50-38-36(43)34(41)33(40)35(42)37(38)44/h13-14,17-22,25-26,30,32H,3-12,15-16,23-24,27-28H2,1-2H3,(H,45,47)/t32-,51-/m0/s1. The van der Waals surface area contributed by atoms with Crippen LogP contribution in [0.1, 0.15) is 109 Å². The number of hydrogen-bond acceptors (Lipinski definition) is 5. The number of halogens is 5. The maximum atomic E-state index is 14.8. The molecule has 0 spiro atoms. The van der Waals surface area contributed by atoms with Gasteiger partial charge < -0.3 is 13.8 Å². The zero-order valence-corrected chi connectivity index (χ0v) is 30.5. The van der Waals surface area contributed by atoms with Crippen LogP contribution >= 0.6 is 7.75 Å². The first-order valence-electron chi connectivity index (χ1n) is 18.1. The molecule has 3 aromatic carbocycles. The molecule has 0 bridgehead atoms. The van der Waals surface area contributed by atoms with E-state index in [0.717, 1.165) is 64.2 Å². The van der Waals surface area contributed by atoms with Gasteiger partial charge in [-0.2, -0.15) is 13.9 Å². The summed E-state index contributed by atoms with van der Waals surface area (Å²) in [6.45, 7) is 4.43. The van der Waals surface area contributed by atoms with Crippen molar-refractivity contribution >= 4 is 13.7 Å². The zero-order chi connectivity index (χ0) is 37.1. The Morgan fingerprint density at radius 2 is 1.12 bits per heavy atom. The van der Waals surface area contributed by atoms with E-state index in [1.54, 1.807) is 36.4 Å². The number of unbranched alkanes of at least 4 members (excludes halogenated alkanes) is 10. The van der Waals surface area contributed by atoms with Crippen LogP contribution in [0, 0.1) is 35.0 Å². The van der Waals surface area contributed by atoms with Gasteiger partial charge in [0.1, 0.15) is 11.8 Å². The van der Waals surface area contributed by atoms with Gasteiger partial charge in [0.25, 0.3) is 0 Å². The van der Waals surface area contributed by atoms with Crippen molar-refractivity contribution in [3.63, 3.8) is 0 Å². The highest BCUT2D eigenvalue weighted by Gasteiger charge is 2.40. The topological polar surface area (TPSA) is 73.9 Å². The normalized spacial score (nSPS) is 13.2. The lowest BCUT2D eigenvalue weighted by Gasteiger charge is -2.26. The minimum atomic E-state index is -5.12. The average molecular weight is 740 g/mol. The van der Waals surface area contributed by atoms with Crippen LogP contribution in [0.3, 0.4) is 0 Å². The predicted molar refractivity (Wildman–Crippen MR) is 189 cm³/mol. The van der Waals surface area contributed by atoms with E-state index in [2.05, 4.69) is 18.9 Å². The largest absolute Gasteiger partial charge is 0.513 e. The van der Waals surface area contributed by atoms with E-state index in [1.807, 2.05) is 0 Å². The average Bonchev–Trinajstić information content (AvgIpc) is 3.13. The number of carbonyl (C=O) groups is 1. The van der Waals surface area contributed by atoms with Gasteiger partial charge in [0.2, 0.25) is 34.8 Å². The predicted octanol–water partition coefficient (Wildman–Crippen LogP) is 11.8. The molecule has 0 aliphatic heterocycles. The molecular weight excluding hydrogens is 688 g/mol. The highest BCUT2D eigenvalue weighted by molar-refractivity contribution is 7.52. The Balaban J connectivity index is 1.86. The molecule has 6 nitrogen and oxygen atoms in total. The molecule has 0 amide bonds. The summed E-state index contributed by atoms with van der Waals surface area (Å²) in [5.41, 5.74) is 0.602. The fraction of sp³-hybridized carbons (Fsp3) is 0.513. The van der Waals surface area contributed by atoms with Crippen LogP contribution in [0.4, 0.5) is 22.0 Å². The minimum Gasteiger partial charge on any atom is -0.464 e. The van der Waals surface area contributed by atoms with Crippen molar-refractivity contribution in [1.82, 2.24) is 5.09 Å². The van der Waals surface area contributed by atoms with Crippen molar-refractivity contribution in [3.8, 4) is 11.5 Å². The second-order valence-corrected chi connectivity index (χ2v) is 14.5. The molecular formula is C39H51F5NO5P. The van der Waals surface area contributed by atoms with E-state index < -0.39 is 54.6 Å². The molecule has 0 fully saturated rings. The molecule has 0 aliphatic carbocycles. The van der Waals surface area contributed by atoms with Gasteiger partial charge in [-0.25, -0.2) is 17.7 Å². The molecule has 0 aromatic heterocycles. The summed E-state index contributed by atoms with van der Waals surface area (Å²) in [5, 5.41) is 2.42. The number of para-hydroxylation sites is 1. The van der Waals surface area contributed by atoms with E-state index >= 15 is 0 Å². The first-order chi connectivity index (χ1) is 24.6. The molecule has 0 radical (unpaired) electrons. The van der Waals surface area contributed by atoms with Gasteiger partial charge >= 0.3 is 13.7 Å². The Kier molecular flexibility index (Phi) is 18.5. The summed E-state index contributed by atoms with van der Waals surface area (Å²) >= 11 is 0. The van der Waals surface area contributed by atoms with E-state index in [-0.39, 0.29) is 24.7 Å². The third-order valence-electron chi connectivity index (χ3n) is 8.62. The highest BCUT2D eigenvalue weighted by Crippen LogP contribution is 2.48. The Labute approximate surface area is 299 Å². The summed E-state index contributed by atoms with van der Waals surface area (Å²) in [7, 11) is -5.12. The van der Waals surface area contributed by atoms with Gasteiger partial charge in [-0.05, 0) is 42.9 Å². The molecule has 0 aliphatic rings. The quantitative estimate of drug-likeness (QED) is 0.0233. The van der Waals surface area contributed by atoms with Crippen LogP contribution in [-0.2, 0) is 20.5 Å². The Morgan fingerprint density at radius 3 is 1.65 bits per heavy atom. The molecule has 1 N–H and O–H groups in total. The van der Waals surface area contributed by atoms with Gasteiger partial charge in [-0.3, -0.25) is 4.79 Å². The molecule has 2 atom stereocenters. The number of benzene rings is 3. The maximum Gasteiger partial charge on any atom is 0.513 e. The molecule has 12 heteroatoms. The van der Waals surface area contributed by atoms with Crippen molar-refractivity contribution in [1.29, 1.82) is 0 Å². The molecule has 0 unspecified atom stereocenters. The number of carbonyl (C=O) groups excluding carboxylic acids is 1. The summed E-state index contributed by atoms with van der Waals surface area (Å²) in [5.74, 6) is -14.4. The van der Waals surface area contributed by atoms with Crippen LogP contribution in [0.15, 0.2) is 60.7 Å². The second-order valence-electron chi connectivity index (χ2n) is 12.9.